The number of piperidine rings is 1. The van der Waals surface area contributed by atoms with Crippen molar-refractivity contribution in [2.45, 2.75) is 19.8 Å². The molecule has 0 spiro atoms. The lowest BCUT2D eigenvalue weighted by Gasteiger charge is -2.32. The highest BCUT2D eigenvalue weighted by Crippen LogP contribution is 2.19. The number of benzene rings is 1. The summed E-state index contributed by atoms with van der Waals surface area (Å²) in [5.41, 5.74) is 0.529. The first-order valence-corrected chi connectivity index (χ1v) is 7.36. The van der Waals surface area contributed by atoms with Crippen molar-refractivity contribution in [3.63, 3.8) is 0 Å². The van der Waals surface area contributed by atoms with E-state index in [-0.39, 0.29) is 11.6 Å². The number of nitrogens with one attached hydrogen (secondary N) is 1. The van der Waals surface area contributed by atoms with Crippen LogP contribution in [-0.2, 0) is 0 Å². The third kappa shape index (κ3) is 4.01. The van der Waals surface area contributed by atoms with Crippen LogP contribution >= 0.6 is 0 Å². The Labute approximate surface area is 124 Å². The normalized spacial score (nSPS) is 16.0. The van der Waals surface area contributed by atoms with Gasteiger partial charge in [0.2, 0.25) is 0 Å². The number of amides is 1. The van der Waals surface area contributed by atoms with E-state index in [1.807, 2.05) is 4.90 Å². The molecule has 1 aliphatic rings. The molecule has 1 aromatic carbocycles. The number of likely N-dealkylation sites (tertiary alicyclic amines) is 1. The number of carbonyl (C=O) groups excluding carboxylic acids is 1. The van der Waals surface area contributed by atoms with E-state index in [0.717, 1.165) is 39.0 Å². The van der Waals surface area contributed by atoms with Gasteiger partial charge in [0.1, 0.15) is 0 Å². The molecule has 21 heavy (non-hydrogen) atoms. The third-order valence-corrected chi connectivity index (χ3v) is 3.91. The smallest absolute Gasteiger partial charge is 0.269 e. The van der Waals surface area contributed by atoms with E-state index < -0.39 is 4.92 Å². The molecular weight excluding hydrogens is 270 g/mol. The van der Waals surface area contributed by atoms with Gasteiger partial charge in [-0.15, -0.1) is 0 Å². The minimum absolute atomic E-state index is 0.0101. The van der Waals surface area contributed by atoms with E-state index in [9.17, 15) is 14.9 Å². The van der Waals surface area contributed by atoms with Gasteiger partial charge in [-0.3, -0.25) is 14.9 Å². The van der Waals surface area contributed by atoms with Gasteiger partial charge in [0.05, 0.1) is 4.92 Å². The predicted molar refractivity (Wildman–Crippen MR) is 80.3 cm³/mol. The van der Waals surface area contributed by atoms with Gasteiger partial charge in [0.25, 0.3) is 11.6 Å². The molecule has 0 atom stereocenters. The molecule has 0 saturated carbocycles. The van der Waals surface area contributed by atoms with Crippen LogP contribution in [0.5, 0.6) is 0 Å². The predicted octanol–water partition coefficient (Wildman–Crippen LogP) is 2.06. The first-order chi connectivity index (χ1) is 10.1. The lowest BCUT2D eigenvalue weighted by molar-refractivity contribution is -0.384. The number of hydrogen-bond donors (Lipinski definition) is 1. The molecular formula is C15H21N3O3. The maximum atomic E-state index is 12.3. The molecule has 6 nitrogen and oxygen atoms in total. The molecule has 0 bridgehead atoms. The van der Waals surface area contributed by atoms with E-state index in [1.165, 1.54) is 24.3 Å². The van der Waals surface area contributed by atoms with Crippen LogP contribution in [0, 0.1) is 16.0 Å². The Morgan fingerprint density at radius 2 is 1.95 bits per heavy atom. The fraction of sp³-hybridized carbons (Fsp3) is 0.533. The standard InChI is InChI=1S/C15H21N3O3/c1-2-16-11-12-7-9-17(10-8-12)15(19)13-3-5-14(6-4-13)18(20)21/h3-6,12,16H,2,7-11H2,1H3. The van der Waals surface area contributed by atoms with Gasteiger partial charge >= 0.3 is 0 Å². The fourth-order valence-corrected chi connectivity index (χ4v) is 2.60. The second-order valence-corrected chi connectivity index (χ2v) is 5.35. The largest absolute Gasteiger partial charge is 0.339 e. The van der Waals surface area contributed by atoms with E-state index in [2.05, 4.69) is 12.2 Å². The van der Waals surface area contributed by atoms with Gasteiger partial charge in [-0.2, -0.15) is 0 Å². The van der Waals surface area contributed by atoms with Gasteiger partial charge in [-0.05, 0) is 44.0 Å². The Kier molecular flexibility index (Phi) is 5.27. The summed E-state index contributed by atoms with van der Waals surface area (Å²) in [5, 5.41) is 14.0. The molecule has 0 aliphatic carbocycles. The highest BCUT2D eigenvalue weighted by molar-refractivity contribution is 5.94. The van der Waals surface area contributed by atoms with Crippen LogP contribution in [0.3, 0.4) is 0 Å². The number of hydrogen-bond acceptors (Lipinski definition) is 4. The Hall–Kier alpha value is -1.95. The molecule has 6 heteroatoms. The number of carbonyl (C=O) groups is 1. The highest BCUT2D eigenvalue weighted by Gasteiger charge is 2.23. The van der Waals surface area contributed by atoms with Crippen LogP contribution in [0.4, 0.5) is 5.69 Å². The Morgan fingerprint density at radius 3 is 2.48 bits per heavy atom. The molecule has 1 heterocycles. The Bertz CT molecular complexity index is 493. The lowest BCUT2D eigenvalue weighted by atomic mass is 9.96. The molecule has 2 rings (SSSR count). The van der Waals surface area contributed by atoms with Crippen molar-refractivity contribution in [2.75, 3.05) is 26.2 Å². The van der Waals surface area contributed by atoms with Crippen LogP contribution in [0.2, 0.25) is 0 Å². The lowest BCUT2D eigenvalue weighted by Crippen LogP contribution is -2.40. The molecule has 0 unspecified atom stereocenters. The number of non-ortho nitro benzene ring substituents is 1. The van der Waals surface area contributed by atoms with Gasteiger partial charge in [-0.1, -0.05) is 6.92 Å². The minimum Gasteiger partial charge on any atom is -0.339 e. The number of nitrogens with zero attached hydrogens (tertiary/aromatic N) is 2. The Balaban J connectivity index is 1.91. The fourth-order valence-electron chi connectivity index (χ4n) is 2.60. The summed E-state index contributed by atoms with van der Waals surface area (Å²) in [7, 11) is 0. The zero-order chi connectivity index (χ0) is 15.2. The van der Waals surface area contributed by atoms with Crippen LogP contribution < -0.4 is 5.32 Å². The molecule has 1 amide bonds. The van der Waals surface area contributed by atoms with E-state index in [1.54, 1.807) is 0 Å². The highest BCUT2D eigenvalue weighted by atomic mass is 16.6. The topological polar surface area (TPSA) is 75.5 Å². The van der Waals surface area contributed by atoms with Gasteiger partial charge in [0, 0.05) is 30.8 Å². The molecule has 1 N–H and O–H groups in total. The average Bonchev–Trinajstić information content (AvgIpc) is 2.53. The maximum Gasteiger partial charge on any atom is 0.269 e. The van der Waals surface area contributed by atoms with Gasteiger partial charge < -0.3 is 10.2 Å². The number of rotatable bonds is 5. The minimum atomic E-state index is -0.458. The summed E-state index contributed by atoms with van der Waals surface area (Å²) in [4.78, 5) is 24.3. The van der Waals surface area contributed by atoms with Gasteiger partial charge in [0.15, 0.2) is 0 Å². The van der Waals surface area contributed by atoms with Crippen molar-refractivity contribution in [2.24, 2.45) is 5.92 Å². The summed E-state index contributed by atoms with van der Waals surface area (Å²) in [6.45, 7) is 5.59. The number of nitro benzene ring substituents is 1. The van der Waals surface area contributed by atoms with Crippen molar-refractivity contribution in [1.82, 2.24) is 10.2 Å². The summed E-state index contributed by atoms with van der Waals surface area (Å²) in [5.74, 6) is 0.595. The molecule has 0 radical (unpaired) electrons. The summed E-state index contributed by atoms with van der Waals surface area (Å²) in [6, 6.07) is 5.83. The second-order valence-electron chi connectivity index (χ2n) is 5.35. The third-order valence-electron chi connectivity index (χ3n) is 3.91. The van der Waals surface area contributed by atoms with Crippen LogP contribution in [0.25, 0.3) is 0 Å². The zero-order valence-electron chi connectivity index (χ0n) is 12.2. The van der Waals surface area contributed by atoms with Crippen molar-refractivity contribution in [1.29, 1.82) is 0 Å². The van der Waals surface area contributed by atoms with Crippen LogP contribution in [0.1, 0.15) is 30.1 Å². The van der Waals surface area contributed by atoms with E-state index in [4.69, 9.17) is 0 Å². The van der Waals surface area contributed by atoms with Crippen molar-refractivity contribution in [3.8, 4) is 0 Å². The molecule has 114 valence electrons. The van der Waals surface area contributed by atoms with Crippen molar-refractivity contribution in [3.05, 3.63) is 39.9 Å². The SMILES string of the molecule is CCNCC1CCN(C(=O)c2ccc([N+](=O)[O-])cc2)CC1. The molecule has 1 fully saturated rings. The van der Waals surface area contributed by atoms with E-state index >= 15 is 0 Å². The number of nitro groups is 1. The summed E-state index contributed by atoms with van der Waals surface area (Å²) in [6.07, 6.45) is 2.01. The first-order valence-electron chi connectivity index (χ1n) is 7.36. The van der Waals surface area contributed by atoms with E-state index in [0.29, 0.717) is 11.5 Å². The molecule has 0 aromatic heterocycles. The molecule has 1 saturated heterocycles. The monoisotopic (exact) mass is 291 g/mol. The molecule has 1 aromatic rings. The molecule has 1 aliphatic heterocycles. The second kappa shape index (κ2) is 7.17. The van der Waals surface area contributed by atoms with Gasteiger partial charge in [-0.25, -0.2) is 0 Å². The maximum absolute atomic E-state index is 12.3. The Morgan fingerprint density at radius 1 is 1.33 bits per heavy atom. The summed E-state index contributed by atoms with van der Waals surface area (Å²) < 4.78 is 0. The quantitative estimate of drug-likeness (QED) is 0.665. The first kappa shape index (κ1) is 15.4. The zero-order valence-corrected chi connectivity index (χ0v) is 12.2. The van der Waals surface area contributed by atoms with Crippen LogP contribution in [0.15, 0.2) is 24.3 Å². The van der Waals surface area contributed by atoms with Crippen molar-refractivity contribution >= 4 is 11.6 Å². The van der Waals surface area contributed by atoms with Crippen molar-refractivity contribution < 1.29 is 9.72 Å². The summed E-state index contributed by atoms with van der Waals surface area (Å²) >= 11 is 0. The van der Waals surface area contributed by atoms with Crippen LogP contribution in [-0.4, -0.2) is 41.9 Å². The average molecular weight is 291 g/mol.